The summed E-state index contributed by atoms with van der Waals surface area (Å²) in [5.74, 6) is -0.591. The Labute approximate surface area is 133 Å². The van der Waals surface area contributed by atoms with E-state index in [1.165, 1.54) is 13.0 Å². The Balaban J connectivity index is 2.52. The average Bonchev–Trinajstić information content (AvgIpc) is 2.81. The number of rotatable bonds is 2. The zero-order valence-electron chi connectivity index (χ0n) is 13.6. The van der Waals surface area contributed by atoms with E-state index in [0.717, 1.165) is 22.5 Å². The number of nitrogens with zero attached hydrogens (tertiary/aromatic N) is 3. The minimum absolute atomic E-state index is 0.0663. The number of benzene rings is 1. The normalized spacial score (nSPS) is 15.5. The fraction of sp³-hybridized carbons (Fsp3) is 0.353. The molecule has 1 aliphatic heterocycles. The predicted octanol–water partition coefficient (Wildman–Crippen LogP) is 3.96. The van der Waals surface area contributed by atoms with Gasteiger partial charge < -0.3 is 4.90 Å². The molecule has 0 atom stereocenters. The van der Waals surface area contributed by atoms with Crippen molar-refractivity contribution >= 4 is 22.3 Å². The number of hydrogen-bond donors (Lipinski definition) is 0. The molecule has 120 valence electrons. The van der Waals surface area contributed by atoms with Crippen molar-refractivity contribution in [3.05, 3.63) is 50.5 Å². The summed E-state index contributed by atoms with van der Waals surface area (Å²) < 4.78 is 14.1. The number of fused-ring (bicyclic) bond motifs is 2. The van der Waals surface area contributed by atoms with Crippen LogP contribution in [0.25, 0.3) is 16.6 Å². The lowest BCUT2D eigenvalue weighted by Crippen LogP contribution is -2.07. The summed E-state index contributed by atoms with van der Waals surface area (Å²) in [6, 6.07) is 1.31. The van der Waals surface area contributed by atoms with E-state index in [2.05, 4.69) is 9.88 Å². The third kappa shape index (κ3) is 2.09. The highest BCUT2D eigenvalue weighted by atomic mass is 19.1. The highest BCUT2D eigenvalue weighted by Crippen LogP contribution is 2.40. The third-order valence-corrected chi connectivity index (χ3v) is 4.51. The van der Waals surface area contributed by atoms with Gasteiger partial charge in [0.15, 0.2) is 0 Å². The quantitative estimate of drug-likeness (QED) is 0.622. The van der Waals surface area contributed by atoms with Crippen LogP contribution in [0.3, 0.4) is 0 Å². The number of aryl methyl sites for hydroxylation is 1. The standard InChI is InChI=1S/C17H18FN3O2/c1-5-10-11-8-20(4)14(6-2)16(11)19-13-7-12(18)9(3)17(15(10)13)21(22)23/h6-7H,5,8H2,1-4H3/b14-6-. The van der Waals surface area contributed by atoms with E-state index in [4.69, 9.17) is 0 Å². The van der Waals surface area contributed by atoms with Crippen molar-refractivity contribution in [2.24, 2.45) is 0 Å². The molecule has 0 N–H and O–H groups in total. The van der Waals surface area contributed by atoms with E-state index in [-0.39, 0.29) is 11.3 Å². The number of nitro groups is 1. The van der Waals surface area contributed by atoms with Crippen LogP contribution in [0.2, 0.25) is 0 Å². The van der Waals surface area contributed by atoms with Crippen LogP contribution in [0.4, 0.5) is 10.1 Å². The van der Waals surface area contributed by atoms with E-state index in [9.17, 15) is 14.5 Å². The van der Waals surface area contributed by atoms with Crippen LogP contribution < -0.4 is 0 Å². The maximum absolute atomic E-state index is 14.1. The highest BCUT2D eigenvalue weighted by molar-refractivity contribution is 5.95. The predicted molar refractivity (Wildman–Crippen MR) is 87.6 cm³/mol. The summed E-state index contributed by atoms with van der Waals surface area (Å²) in [5, 5.41) is 12.0. The molecule has 0 radical (unpaired) electrons. The summed E-state index contributed by atoms with van der Waals surface area (Å²) in [4.78, 5) is 17.7. The lowest BCUT2D eigenvalue weighted by Gasteiger charge is -2.12. The molecule has 1 aliphatic rings. The lowest BCUT2D eigenvalue weighted by molar-refractivity contribution is -0.383. The smallest absolute Gasteiger partial charge is 0.284 e. The van der Waals surface area contributed by atoms with Crippen molar-refractivity contribution in [1.29, 1.82) is 0 Å². The fourth-order valence-corrected chi connectivity index (χ4v) is 3.45. The second-order valence-corrected chi connectivity index (χ2v) is 5.78. The van der Waals surface area contributed by atoms with Crippen molar-refractivity contribution in [3.63, 3.8) is 0 Å². The van der Waals surface area contributed by atoms with E-state index >= 15 is 0 Å². The van der Waals surface area contributed by atoms with Crippen LogP contribution in [-0.2, 0) is 13.0 Å². The average molecular weight is 315 g/mol. The summed E-state index contributed by atoms with van der Waals surface area (Å²) in [6.45, 7) is 6.00. The van der Waals surface area contributed by atoms with Gasteiger partial charge in [0, 0.05) is 25.2 Å². The van der Waals surface area contributed by atoms with Gasteiger partial charge in [-0.15, -0.1) is 0 Å². The summed E-state index contributed by atoms with van der Waals surface area (Å²) in [5.41, 5.74) is 3.93. The number of pyridine rings is 1. The monoisotopic (exact) mass is 315 g/mol. The molecule has 23 heavy (non-hydrogen) atoms. The minimum Gasteiger partial charge on any atom is -0.369 e. The number of halogens is 1. The van der Waals surface area contributed by atoms with Gasteiger partial charge in [-0.1, -0.05) is 13.0 Å². The van der Waals surface area contributed by atoms with Gasteiger partial charge in [0.1, 0.15) is 5.82 Å². The molecular weight excluding hydrogens is 297 g/mol. The summed E-state index contributed by atoms with van der Waals surface area (Å²) in [7, 11) is 1.96. The first-order valence-electron chi connectivity index (χ1n) is 7.57. The van der Waals surface area contributed by atoms with E-state index in [1.807, 2.05) is 27.0 Å². The molecule has 0 saturated carbocycles. The molecule has 0 aliphatic carbocycles. The Morgan fingerprint density at radius 3 is 2.78 bits per heavy atom. The van der Waals surface area contributed by atoms with E-state index in [0.29, 0.717) is 23.9 Å². The van der Waals surface area contributed by atoms with Crippen molar-refractivity contribution < 1.29 is 9.31 Å². The molecule has 0 fully saturated rings. The van der Waals surface area contributed by atoms with Gasteiger partial charge in [0.25, 0.3) is 5.69 Å². The molecule has 0 saturated heterocycles. The second kappa shape index (κ2) is 5.30. The maximum Gasteiger partial charge on any atom is 0.284 e. The SMILES string of the molecule is C/C=C1/c2nc3cc(F)c(C)c([N+](=O)[O-])c3c(CC)c2CN1C. The summed E-state index contributed by atoms with van der Waals surface area (Å²) >= 11 is 0. The zero-order valence-corrected chi connectivity index (χ0v) is 13.6. The van der Waals surface area contributed by atoms with Gasteiger partial charge in [-0.2, -0.15) is 0 Å². The number of nitro benzene ring substituents is 1. The van der Waals surface area contributed by atoms with Crippen molar-refractivity contribution in [2.75, 3.05) is 7.05 Å². The maximum atomic E-state index is 14.1. The molecule has 1 aromatic heterocycles. The highest BCUT2D eigenvalue weighted by Gasteiger charge is 2.30. The molecule has 5 nitrogen and oxygen atoms in total. The van der Waals surface area contributed by atoms with Crippen LogP contribution in [-0.4, -0.2) is 21.9 Å². The molecule has 0 amide bonds. The Morgan fingerprint density at radius 2 is 2.22 bits per heavy atom. The lowest BCUT2D eigenvalue weighted by atomic mass is 9.96. The van der Waals surface area contributed by atoms with Crippen molar-refractivity contribution in [3.8, 4) is 0 Å². The third-order valence-electron chi connectivity index (χ3n) is 4.51. The largest absolute Gasteiger partial charge is 0.369 e. The van der Waals surface area contributed by atoms with Crippen LogP contribution >= 0.6 is 0 Å². The van der Waals surface area contributed by atoms with Gasteiger partial charge in [0.05, 0.1) is 32.8 Å². The fourth-order valence-electron chi connectivity index (χ4n) is 3.45. The minimum atomic E-state index is -0.591. The van der Waals surface area contributed by atoms with Gasteiger partial charge in [-0.3, -0.25) is 10.1 Å². The van der Waals surface area contributed by atoms with Gasteiger partial charge >= 0.3 is 0 Å². The molecule has 2 aromatic rings. The first-order chi connectivity index (χ1) is 10.9. The Hall–Kier alpha value is -2.50. The van der Waals surface area contributed by atoms with Crippen LogP contribution in [0.1, 0.15) is 36.2 Å². The first kappa shape index (κ1) is 15.4. The van der Waals surface area contributed by atoms with Gasteiger partial charge in [-0.05, 0) is 25.8 Å². The van der Waals surface area contributed by atoms with Crippen LogP contribution in [0, 0.1) is 22.9 Å². The molecule has 3 rings (SSSR count). The molecule has 2 heterocycles. The number of allylic oxidation sites excluding steroid dienone is 1. The molecule has 1 aromatic carbocycles. The van der Waals surface area contributed by atoms with Gasteiger partial charge in [-0.25, -0.2) is 9.37 Å². The molecule has 0 unspecified atom stereocenters. The number of hydrogen-bond acceptors (Lipinski definition) is 4. The second-order valence-electron chi connectivity index (χ2n) is 5.78. The topological polar surface area (TPSA) is 59.3 Å². The summed E-state index contributed by atoms with van der Waals surface area (Å²) in [6.07, 6.45) is 2.60. The first-order valence-corrected chi connectivity index (χ1v) is 7.57. The van der Waals surface area contributed by atoms with Gasteiger partial charge in [0.2, 0.25) is 0 Å². The Kier molecular flexibility index (Phi) is 3.55. The van der Waals surface area contributed by atoms with E-state index in [1.54, 1.807) is 0 Å². The Bertz CT molecular complexity index is 874. The molecular formula is C17H18FN3O2. The molecule has 6 heteroatoms. The Morgan fingerprint density at radius 1 is 1.52 bits per heavy atom. The molecule has 0 spiro atoms. The van der Waals surface area contributed by atoms with Crippen molar-refractivity contribution in [1.82, 2.24) is 9.88 Å². The van der Waals surface area contributed by atoms with E-state index < -0.39 is 10.7 Å². The van der Waals surface area contributed by atoms with Crippen molar-refractivity contribution in [2.45, 2.75) is 33.7 Å². The van der Waals surface area contributed by atoms with Crippen LogP contribution in [0.5, 0.6) is 0 Å². The van der Waals surface area contributed by atoms with Crippen LogP contribution in [0.15, 0.2) is 12.1 Å². The number of aromatic nitrogens is 1. The zero-order chi connectivity index (χ0) is 16.9. The molecule has 0 bridgehead atoms.